The third kappa shape index (κ3) is 2.39. The van der Waals surface area contributed by atoms with E-state index < -0.39 is 40.8 Å². The number of alkyl halides is 3. The molecule has 0 spiro atoms. The molecule has 0 aliphatic carbocycles. The van der Waals surface area contributed by atoms with Crippen LogP contribution in [0.4, 0.5) is 23.4 Å². The molecule has 0 aromatic carbocycles. The van der Waals surface area contributed by atoms with Crippen LogP contribution in [0.3, 0.4) is 0 Å². The second-order valence-corrected chi connectivity index (χ2v) is 3.58. The maximum atomic E-state index is 13.0. The Labute approximate surface area is 107 Å². The van der Waals surface area contributed by atoms with Crippen molar-refractivity contribution in [2.24, 2.45) is 0 Å². The van der Waals surface area contributed by atoms with Crippen molar-refractivity contribution in [3.63, 3.8) is 0 Å². The number of aromatic hydroxyl groups is 1. The number of nitrogens with two attached hydrogens (primary N) is 1. The topological polar surface area (TPSA) is 98.3 Å². The number of halogens is 4. The highest BCUT2D eigenvalue weighted by atomic mass is 19.4. The molecule has 0 aliphatic heterocycles. The van der Waals surface area contributed by atoms with E-state index in [1.165, 1.54) is 0 Å². The van der Waals surface area contributed by atoms with Gasteiger partial charge in [0.25, 0.3) is 0 Å². The molecule has 106 valence electrons. The maximum absolute atomic E-state index is 13.0. The van der Waals surface area contributed by atoms with E-state index in [-0.39, 0.29) is 5.52 Å². The molecule has 0 radical (unpaired) electrons. The highest BCUT2D eigenvalue weighted by Gasteiger charge is 2.42. The lowest BCUT2D eigenvalue weighted by atomic mass is 10.2. The number of hydrogen-bond donors (Lipinski definition) is 2. The van der Waals surface area contributed by atoms with Gasteiger partial charge in [0, 0.05) is 6.07 Å². The van der Waals surface area contributed by atoms with Gasteiger partial charge in [-0.3, -0.25) is 0 Å². The van der Waals surface area contributed by atoms with Crippen molar-refractivity contribution >= 4 is 22.8 Å². The van der Waals surface area contributed by atoms with Crippen molar-refractivity contribution in [3.05, 3.63) is 18.1 Å². The summed E-state index contributed by atoms with van der Waals surface area (Å²) in [5, 5.41) is 9.51. The van der Waals surface area contributed by atoms with Crippen molar-refractivity contribution in [1.29, 1.82) is 0 Å². The molecule has 3 N–H and O–H groups in total. The fraction of sp³-hybridized carbons (Fsp3) is 0.100. The van der Waals surface area contributed by atoms with Crippen LogP contribution in [-0.4, -0.2) is 27.2 Å². The van der Waals surface area contributed by atoms with E-state index in [4.69, 9.17) is 5.73 Å². The highest BCUT2D eigenvalue weighted by Crippen LogP contribution is 2.37. The van der Waals surface area contributed by atoms with Crippen LogP contribution >= 0.6 is 0 Å². The first-order valence-corrected chi connectivity index (χ1v) is 4.93. The number of fused-ring (bicyclic) bond motifs is 1. The molecule has 2 aromatic rings. The Morgan fingerprint density at radius 2 is 2.05 bits per heavy atom. The second-order valence-electron chi connectivity index (χ2n) is 3.58. The van der Waals surface area contributed by atoms with Crippen molar-refractivity contribution < 1.29 is 32.2 Å². The normalized spacial score (nSPS) is 11.6. The fourth-order valence-corrected chi connectivity index (χ4v) is 1.35. The predicted molar refractivity (Wildman–Crippen MR) is 57.3 cm³/mol. The molecule has 0 fully saturated rings. The Kier molecular flexibility index (Phi) is 3.08. The quantitative estimate of drug-likeness (QED) is 0.610. The monoisotopic (exact) mass is 291 g/mol. The van der Waals surface area contributed by atoms with Crippen LogP contribution in [-0.2, 0) is 4.79 Å². The van der Waals surface area contributed by atoms with E-state index in [0.717, 1.165) is 6.07 Å². The molecule has 0 bridgehead atoms. The maximum Gasteiger partial charge on any atom is 0.491 e. The van der Waals surface area contributed by atoms with Gasteiger partial charge in [0.05, 0.1) is 11.7 Å². The molecular formula is C10H5F4N3O3. The van der Waals surface area contributed by atoms with Crippen LogP contribution in [0.25, 0.3) is 11.0 Å². The Morgan fingerprint density at radius 1 is 1.40 bits per heavy atom. The number of pyridine rings is 2. The minimum atomic E-state index is -5.28. The summed E-state index contributed by atoms with van der Waals surface area (Å²) in [6, 6.07) is 0.809. The van der Waals surface area contributed by atoms with Gasteiger partial charge in [-0.25, -0.2) is 19.2 Å². The van der Waals surface area contributed by atoms with Crippen molar-refractivity contribution in [3.8, 4) is 11.5 Å². The second kappa shape index (κ2) is 4.47. The molecule has 0 saturated heterocycles. The molecule has 10 heteroatoms. The summed E-state index contributed by atoms with van der Waals surface area (Å²) < 4.78 is 53.4. The largest absolute Gasteiger partial charge is 0.502 e. The van der Waals surface area contributed by atoms with Gasteiger partial charge in [-0.15, -0.1) is 0 Å². The van der Waals surface area contributed by atoms with Crippen LogP contribution in [0.5, 0.6) is 11.5 Å². The number of carbonyl (C=O) groups excluding carboxylic acids is 1. The fourth-order valence-electron chi connectivity index (χ4n) is 1.35. The molecule has 0 aliphatic rings. The predicted octanol–water partition coefficient (Wildman–Crippen LogP) is 1.52. The van der Waals surface area contributed by atoms with E-state index in [9.17, 15) is 27.5 Å². The molecule has 2 aromatic heterocycles. The molecule has 2 heterocycles. The number of esters is 1. The van der Waals surface area contributed by atoms with Gasteiger partial charge in [0.1, 0.15) is 11.3 Å². The van der Waals surface area contributed by atoms with Gasteiger partial charge in [-0.05, 0) is 0 Å². The lowest BCUT2D eigenvalue weighted by molar-refractivity contribution is -0.189. The summed E-state index contributed by atoms with van der Waals surface area (Å²) in [4.78, 5) is 17.7. The number of aromatic nitrogens is 2. The van der Waals surface area contributed by atoms with Gasteiger partial charge in [-0.1, -0.05) is 0 Å². The molecular weight excluding hydrogens is 286 g/mol. The zero-order valence-corrected chi connectivity index (χ0v) is 9.40. The third-order valence-corrected chi connectivity index (χ3v) is 2.17. The third-order valence-electron chi connectivity index (χ3n) is 2.17. The van der Waals surface area contributed by atoms with E-state index in [0.29, 0.717) is 6.20 Å². The molecule has 2 rings (SSSR count). The number of nitrogens with zero attached hydrogens (tertiary/aromatic N) is 2. The molecule has 0 amide bonds. The first-order chi connectivity index (χ1) is 9.20. The average molecular weight is 291 g/mol. The SMILES string of the molecule is Nc1nc2cc(F)cnc2c(OC(=O)C(F)(F)F)c1O. The molecule has 6 nitrogen and oxygen atoms in total. The van der Waals surface area contributed by atoms with Crippen LogP contribution < -0.4 is 10.5 Å². The van der Waals surface area contributed by atoms with Crippen molar-refractivity contribution in [2.45, 2.75) is 6.18 Å². The average Bonchev–Trinajstić information content (AvgIpc) is 2.33. The Morgan fingerprint density at radius 3 is 2.65 bits per heavy atom. The van der Waals surface area contributed by atoms with Crippen LogP contribution in [0.1, 0.15) is 0 Å². The smallest absolute Gasteiger partial charge is 0.491 e. The number of ether oxygens (including phenoxy) is 1. The minimum absolute atomic E-state index is 0.273. The van der Waals surface area contributed by atoms with E-state index in [1.54, 1.807) is 0 Å². The molecule has 0 unspecified atom stereocenters. The molecule has 0 atom stereocenters. The minimum Gasteiger partial charge on any atom is -0.502 e. The van der Waals surface area contributed by atoms with Gasteiger partial charge in [0.2, 0.25) is 11.5 Å². The molecule has 0 saturated carbocycles. The van der Waals surface area contributed by atoms with Crippen LogP contribution in [0, 0.1) is 5.82 Å². The van der Waals surface area contributed by atoms with Crippen molar-refractivity contribution in [1.82, 2.24) is 9.97 Å². The van der Waals surface area contributed by atoms with Gasteiger partial charge < -0.3 is 15.6 Å². The van der Waals surface area contributed by atoms with Gasteiger partial charge >= 0.3 is 12.1 Å². The van der Waals surface area contributed by atoms with E-state index >= 15 is 0 Å². The highest BCUT2D eigenvalue weighted by molar-refractivity contribution is 5.90. The summed E-state index contributed by atoms with van der Waals surface area (Å²) >= 11 is 0. The summed E-state index contributed by atoms with van der Waals surface area (Å²) in [6.45, 7) is 0. The number of carbonyl (C=O) groups is 1. The van der Waals surface area contributed by atoms with E-state index in [2.05, 4.69) is 14.7 Å². The zero-order valence-electron chi connectivity index (χ0n) is 9.40. The standard InChI is InChI=1S/C10H5F4N3O3/c11-3-1-4-5(16-2-3)7(6(18)8(15)17-4)20-9(19)10(12,13)14/h1-2,18H,(H2,15,17). The van der Waals surface area contributed by atoms with Gasteiger partial charge in [0.15, 0.2) is 5.82 Å². The number of nitrogen functional groups attached to an aromatic ring is 1. The zero-order chi connectivity index (χ0) is 15.1. The van der Waals surface area contributed by atoms with Crippen LogP contribution in [0.2, 0.25) is 0 Å². The first kappa shape index (κ1) is 13.8. The summed E-state index contributed by atoms with van der Waals surface area (Å²) in [7, 11) is 0. The van der Waals surface area contributed by atoms with Crippen LogP contribution in [0.15, 0.2) is 12.3 Å². The van der Waals surface area contributed by atoms with Gasteiger partial charge in [-0.2, -0.15) is 13.2 Å². The summed E-state index contributed by atoms with van der Waals surface area (Å²) in [5.41, 5.74) is 4.53. The van der Waals surface area contributed by atoms with E-state index in [1.807, 2.05) is 0 Å². The summed E-state index contributed by atoms with van der Waals surface area (Å²) in [5.74, 6) is -5.96. The first-order valence-electron chi connectivity index (χ1n) is 4.93. The number of hydrogen-bond acceptors (Lipinski definition) is 6. The Hall–Kier alpha value is -2.65. The summed E-state index contributed by atoms with van der Waals surface area (Å²) in [6.07, 6.45) is -4.62. The Balaban J connectivity index is 2.62. The van der Waals surface area contributed by atoms with Crippen molar-refractivity contribution in [2.75, 3.05) is 5.73 Å². The lowest BCUT2D eigenvalue weighted by Crippen LogP contribution is -2.28. The molecule has 20 heavy (non-hydrogen) atoms. The number of anilines is 1. The Bertz CT molecular complexity index is 702. The lowest BCUT2D eigenvalue weighted by Gasteiger charge is -2.11. The number of rotatable bonds is 1.